The molecule has 0 heterocycles. The van der Waals surface area contributed by atoms with Crippen LogP contribution in [-0.4, -0.2) is 50.8 Å². The molecule has 5 nitrogen and oxygen atoms in total. The number of carbonyl (C=O) groups excluding carboxylic acids is 1. The second-order valence-corrected chi connectivity index (χ2v) is 6.37. The van der Waals surface area contributed by atoms with Crippen LogP contribution < -0.4 is 0 Å². The van der Waals surface area contributed by atoms with Crippen molar-refractivity contribution in [2.45, 2.75) is 32.0 Å². The standard InChI is InChI=1S/C11H22O5Si/c1-9(2)11(13)16-8-10(12)7-15-5-4-6-17(3)14/h10,12,14,17H,1,4-8H2,2-3H3. The summed E-state index contributed by atoms with van der Waals surface area (Å²) in [6.45, 7) is 7.38. The van der Waals surface area contributed by atoms with Crippen LogP contribution in [0, 0.1) is 0 Å². The topological polar surface area (TPSA) is 76.0 Å². The van der Waals surface area contributed by atoms with Crippen LogP contribution in [0.1, 0.15) is 13.3 Å². The molecule has 0 aliphatic rings. The van der Waals surface area contributed by atoms with Crippen molar-refractivity contribution in [2.24, 2.45) is 0 Å². The summed E-state index contributed by atoms with van der Waals surface area (Å²) < 4.78 is 9.94. The number of carbonyl (C=O) groups is 1. The van der Waals surface area contributed by atoms with Crippen LogP contribution in [0.15, 0.2) is 12.2 Å². The van der Waals surface area contributed by atoms with Crippen LogP contribution in [0.3, 0.4) is 0 Å². The fourth-order valence-electron chi connectivity index (χ4n) is 1.04. The lowest BCUT2D eigenvalue weighted by Gasteiger charge is -2.12. The summed E-state index contributed by atoms with van der Waals surface area (Å²) in [5.74, 6) is -0.510. The lowest BCUT2D eigenvalue weighted by Crippen LogP contribution is -2.24. The number of ether oxygens (including phenoxy) is 2. The first-order chi connectivity index (χ1) is 7.93. The maximum Gasteiger partial charge on any atom is 0.333 e. The lowest BCUT2D eigenvalue weighted by atomic mass is 10.3. The van der Waals surface area contributed by atoms with Gasteiger partial charge in [0.15, 0.2) is 9.04 Å². The van der Waals surface area contributed by atoms with Crippen LogP contribution in [0.4, 0.5) is 0 Å². The van der Waals surface area contributed by atoms with Crippen LogP contribution in [-0.2, 0) is 14.3 Å². The number of aliphatic hydroxyl groups is 1. The fraction of sp³-hybridized carbons (Fsp3) is 0.727. The molecule has 17 heavy (non-hydrogen) atoms. The molecule has 0 bridgehead atoms. The van der Waals surface area contributed by atoms with Crippen molar-refractivity contribution in [1.82, 2.24) is 0 Å². The Bertz CT molecular complexity index is 242. The van der Waals surface area contributed by atoms with Gasteiger partial charge in [-0.3, -0.25) is 0 Å². The summed E-state index contributed by atoms with van der Waals surface area (Å²) in [5, 5.41) is 9.42. The average Bonchev–Trinajstić information content (AvgIpc) is 2.24. The van der Waals surface area contributed by atoms with Crippen molar-refractivity contribution >= 4 is 15.0 Å². The third kappa shape index (κ3) is 10.2. The molecule has 100 valence electrons. The van der Waals surface area contributed by atoms with Gasteiger partial charge in [0.05, 0.1) is 6.61 Å². The van der Waals surface area contributed by atoms with Crippen molar-refractivity contribution in [3.63, 3.8) is 0 Å². The first-order valence-corrected chi connectivity index (χ1v) is 8.18. The van der Waals surface area contributed by atoms with Crippen molar-refractivity contribution in [3.8, 4) is 0 Å². The molecule has 6 heteroatoms. The molecule has 0 aromatic heterocycles. The number of esters is 1. The van der Waals surface area contributed by atoms with Gasteiger partial charge >= 0.3 is 5.97 Å². The molecule has 0 fully saturated rings. The van der Waals surface area contributed by atoms with Gasteiger partial charge in [0.1, 0.15) is 12.7 Å². The van der Waals surface area contributed by atoms with E-state index in [0.717, 1.165) is 12.5 Å². The van der Waals surface area contributed by atoms with Crippen LogP contribution >= 0.6 is 0 Å². The van der Waals surface area contributed by atoms with Crippen LogP contribution in [0.5, 0.6) is 0 Å². The molecule has 0 aromatic carbocycles. The molecule has 0 saturated heterocycles. The largest absolute Gasteiger partial charge is 0.460 e. The molecule has 0 amide bonds. The van der Waals surface area contributed by atoms with Gasteiger partial charge < -0.3 is 19.4 Å². The van der Waals surface area contributed by atoms with Crippen LogP contribution in [0.2, 0.25) is 12.6 Å². The highest BCUT2D eigenvalue weighted by Gasteiger charge is 2.09. The summed E-state index contributed by atoms with van der Waals surface area (Å²) >= 11 is 0. The van der Waals surface area contributed by atoms with Gasteiger partial charge in [0.2, 0.25) is 0 Å². The minimum atomic E-state index is -1.50. The fourth-order valence-corrected chi connectivity index (χ4v) is 1.80. The number of hydrogen-bond acceptors (Lipinski definition) is 5. The molecule has 2 unspecified atom stereocenters. The van der Waals surface area contributed by atoms with Gasteiger partial charge in [0, 0.05) is 12.2 Å². The van der Waals surface area contributed by atoms with Crippen molar-refractivity contribution < 1.29 is 24.2 Å². The molecule has 0 saturated carbocycles. The van der Waals surface area contributed by atoms with E-state index < -0.39 is 21.1 Å². The number of aliphatic hydroxyl groups excluding tert-OH is 1. The first-order valence-electron chi connectivity index (χ1n) is 5.70. The Morgan fingerprint density at radius 3 is 2.65 bits per heavy atom. The Kier molecular flexibility index (Phi) is 8.97. The molecule has 0 rings (SSSR count). The van der Waals surface area contributed by atoms with E-state index in [2.05, 4.69) is 6.58 Å². The molecule has 0 aliphatic heterocycles. The second kappa shape index (κ2) is 9.35. The minimum absolute atomic E-state index is 0.0865. The maximum absolute atomic E-state index is 11.0. The summed E-state index contributed by atoms with van der Waals surface area (Å²) in [7, 11) is -1.50. The summed E-state index contributed by atoms with van der Waals surface area (Å²) in [6.07, 6.45) is -0.0237. The zero-order valence-electron chi connectivity index (χ0n) is 10.5. The summed E-state index contributed by atoms with van der Waals surface area (Å²) in [5.41, 5.74) is 0.306. The van der Waals surface area contributed by atoms with E-state index in [9.17, 15) is 9.90 Å². The van der Waals surface area contributed by atoms with Crippen molar-refractivity contribution in [2.75, 3.05) is 19.8 Å². The van der Waals surface area contributed by atoms with E-state index in [-0.39, 0.29) is 13.2 Å². The van der Waals surface area contributed by atoms with E-state index in [0.29, 0.717) is 12.2 Å². The second-order valence-electron chi connectivity index (χ2n) is 4.10. The lowest BCUT2D eigenvalue weighted by molar-refractivity contribution is -0.143. The molecule has 0 aliphatic carbocycles. The molecular weight excluding hydrogens is 240 g/mol. The van der Waals surface area contributed by atoms with Gasteiger partial charge in [-0.2, -0.15) is 0 Å². The Labute approximate surface area is 104 Å². The quantitative estimate of drug-likeness (QED) is 0.269. The Morgan fingerprint density at radius 2 is 2.12 bits per heavy atom. The van der Waals surface area contributed by atoms with Gasteiger partial charge in [-0.25, -0.2) is 4.79 Å². The smallest absolute Gasteiger partial charge is 0.333 e. The van der Waals surface area contributed by atoms with Gasteiger partial charge in [-0.15, -0.1) is 0 Å². The highest BCUT2D eigenvalue weighted by atomic mass is 28.3. The van der Waals surface area contributed by atoms with Crippen molar-refractivity contribution in [1.29, 1.82) is 0 Å². The predicted octanol–water partition coefficient (Wildman–Crippen LogP) is 0.219. The molecule has 2 atom stereocenters. The van der Waals surface area contributed by atoms with E-state index in [1.54, 1.807) is 6.92 Å². The Balaban J connectivity index is 3.44. The maximum atomic E-state index is 11.0. The van der Waals surface area contributed by atoms with Gasteiger partial charge in [0.25, 0.3) is 0 Å². The Hall–Kier alpha value is -0.693. The molecule has 2 N–H and O–H groups in total. The molecule has 0 spiro atoms. The third-order valence-corrected chi connectivity index (χ3v) is 3.22. The van der Waals surface area contributed by atoms with Gasteiger partial charge in [-0.1, -0.05) is 6.58 Å². The van der Waals surface area contributed by atoms with E-state index in [1.165, 1.54) is 0 Å². The van der Waals surface area contributed by atoms with Gasteiger partial charge in [-0.05, 0) is 25.9 Å². The summed E-state index contributed by atoms with van der Waals surface area (Å²) in [6, 6.07) is 0.806. The number of rotatable bonds is 9. The van der Waals surface area contributed by atoms with Crippen LogP contribution in [0.25, 0.3) is 0 Å². The minimum Gasteiger partial charge on any atom is -0.460 e. The average molecular weight is 262 g/mol. The van der Waals surface area contributed by atoms with Crippen molar-refractivity contribution in [3.05, 3.63) is 12.2 Å². The molecule has 0 aromatic rings. The molecular formula is C11H22O5Si. The normalized spacial score (nSPS) is 14.1. The highest BCUT2D eigenvalue weighted by molar-refractivity contribution is 6.48. The third-order valence-electron chi connectivity index (χ3n) is 1.98. The zero-order chi connectivity index (χ0) is 13.3. The van der Waals surface area contributed by atoms with E-state index >= 15 is 0 Å². The highest BCUT2D eigenvalue weighted by Crippen LogP contribution is 1.98. The van der Waals surface area contributed by atoms with E-state index in [1.807, 2.05) is 6.55 Å². The number of hydrogen-bond donors (Lipinski definition) is 2. The van der Waals surface area contributed by atoms with E-state index in [4.69, 9.17) is 14.3 Å². The zero-order valence-corrected chi connectivity index (χ0v) is 11.7. The Morgan fingerprint density at radius 1 is 1.47 bits per heavy atom. The first kappa shape index (κ1) is 16.3. The monoisotopic (exact) mass is 262 g/mol. The predicted molar refractivity (Wildman–Crippen MR) is 67.3 cm³/mol. The molecule has 0 radical (unpaired) electrons. The summed E-state index contributed by atoms with van der Waals surface area (Å²) in [4.78, 5) is 20.1. The SMILES string of the molecule is C=C(C)C(=O)OCC(O)COCCC[SiH](C)O.